The van der Waals surface area contributed by atoms with Gasteiger partial charge in [-0.05, 0) is 43.4 Å². The number of methoxy groups -OCH3 is 1. The Labute approximate surface area is 183 Å². The van der Waals surface area contributed by atoms with Gasteiger partial charge in [-0.2, -0.15) is 16.8 Å². The molecule has 0 saturated heterocycles. The third-order valence-corrected chi connectivity index (χ3v) is 5.84. The van der Waals surface area contributed by atoms with Crippen molar-refractivity contribution in [1.29, 1.82) is 0 Å². The molecule has 1 unspecified atom stereocenters. The first-order valence-electron chi connectivity index (χ1n) is 9.81. The molecule has 0 radical (unpaired) electrons. The Kier molecular flexibility index (Phi) is 12.0. The number of hydrogen-bond donors (Lipinski definition) is 2. The molecule has 1 aromatic carbocycles. The highest BCUT2D eigenvalue weighted by Crippen LogP contribution is 2.31. The molecule has 0 spiro atoms. The summed E-state index contributed by atoms with van der Waals surface area (Å²) in [5, 5.41) is 0. The van der Waals surface area contributed by atoms with Gasteiger partial charge < -0.3 is 19.0 Å². The summed E-state index contributed by atoms with van der Waals surface area (Å²) in [4.78, 5) is 10.5. The molecular formula is C19H30O10S2. The summed E-state index contributed by atoms with van der Waals surface area (Å²) in [7, 11) is -6.59. The molecule has 12 heteroatoms. The van der Waals surface area contributed by atoms with E-state index in [2.05, 4.69) is 0 Å². The third kappa shape index (κ3) is 13.3. The molecule has 0 aromatic heterocycles. The smallest absolute Gasteiger partial charge is 0.264 e. The van der Waals surface area contributed by atoms with Gasteiger partial charge in [-0.1, -0.05) is 6.42 Å². The van der Waals surface area contributed by atoms with E-state index >= 15 is 0 Å². The molecule has 0 aliphatic rings. The number of rotatable bonds is 17. The SMILES string of the molecule is COC(CCCCC=O)c1cc(OCCCS(=O)(=O)O)cc(OCCCS(=O)(=O)O)c1. The van der Waals surface area contributed by atoms with E-state index in [1.54, 1.807) is 25.3 Å². The van der Waals surface area contributed by atoms with Crippen molar-refractivity contribution in [3.63, 3.8) is 0 Å². The maximum Gasteiger partial charge on any atom is 0.264 e. The highest BCUT2D eigenvalue weighted by molar-refractivity contribution is 7.86. The van der Waals surface area contributed by atoms with Crippen LogP contribution in [0, 0.1) is 0 Å². The predicted octanol–water partition coefficient (Wildman–Crippen LogP) is 2.45. The van der Waals surface area contributed by atoms with Gasteiger partial charge >= 0.3 is 0 Å². The van der Waals surface area contributed by atoms with Crippen LogP contribution in [0.3, 0.4) is 0 Å². The minimum atomic E-state index is -4.07. The molecule has 1 rings (SSSR count). The Morgan fingerprint density at radius 2 is 1.39 bits per heavy atom. The van der Waals surface area contributed by atoms with Crippen LogP contribution in [0.15, 0.2) is 18.2 Å². The number of carbonyl (C=O) groups excluding carboxylic acids is 1. The molecule has 2 N–H and O–H groups in total. The lowest BCUT2D eigenvalue weighted by Gasteiger charge is -2.18. The largest absolute Gasteiger partial charge is 0.493 e. The van der Waals surface area contributed by atoms with Gasteiger partial charge in [-0.25, -0.2) is 0 Å². The molecule has 0 aliphatic carbocycles. The molecule has 31 heavy (non-hydrogen) atoms. The second-order valence-corrected chi connectivity index (χ2v) is 10.0. The van der Waals surface area contributed by atoms with Crippen molar-refractivity contribution in [2.24, 2.45) is 0 Å². The molecule has 178 valence electrons. The first-order chi connectivity index (χ1) is 14.5. The van der Waals surface area contributed by atoms with Gasteiger partial charge in [-0.15, -0.1) is 0 Å². The zero-order chi connectivity index (χ0) is 23.3. The standard InChI is InChI=1S/C19H30O10S2/c1-27-19(7-3-2-4-8-20)16-13-17(28-9-5-11-30(21,22)23)15-18(14-16)29-10-6-12-31(24,25)26/h8,13-15,19H,2-7,9-12H2,1H3,(H,21,22,23)(H,24,25,26). The van der Waals surface area contributed by atoms with E-state index in [4.69, 9.17) is 23.3 Å². The quantitative estimate of drug-likeness (QED) is 0.192. The third-order valence-electron chi connectivity index (χ3n) is 4.23. The monoisotopic (exact) mass is 482 g/mol. The fraction of sp³-hybridized carbons (Fsp3) is 0.632. The van der Waals surface area contributed by atoms with Crippen LogP contribution in [0.5, 0.6) is 11.5 Å². The van der Waals surface area contributed by atoms with E-state index in [0.717, 1.165) is 24.7 Å². The molecule has 0 saturated carbocycles. The van der Waals surface area contributed by atoms with E-state index in [0.29, 0.717) is 24.3 Å². The van der Waals surface area contributed by atoms with Gasteiger partial charge in [0.2, 0.25) is 0 Å². The average Bonchev–Trinajstić information content (AvgIpc) is 2.67. The molecule has 1 atom stereocenters. The maximum atomic E-state index is 10.8. The minimum absolute atomic E-state index is 0.0441. The van der Waals surface area contributed by atoms with Crippen molar-refractivity contribution in [2.45, 2.75) is 44.6 Å². The number of carbonyl (C=O) groups is 1. The lowest BCUT2D eigenvalue weighted by molar-refractivity contribution is -0.108. The maximum absolute atomic E-state index is 10.8. The van der Waals surface area contributed by atoms with Gasteiger partial charge in [0.25, 0.3) is 20.2 Å². The summed E-state index contributed by atoms with van der Waals surface area (Å²) in [5.74, 6) is -0.0632. The second kappa shape index (κ2) is 13.6. The molecule has 0 heterocycles. The Bertz CT molecular complexity index is 823. The Morgan fingerprint density at radius 1 is 0.871 bits per heavy atom. The summed E-state index contributed by atoms with van der Waals surface area (Å²) in [5.41, 5.74) is 0.741. The number of ether oxygens (including phenoxy) is 3. The van der Waals surface area contributed by atoms with Gasteiger partial charge in [0.05, 0.1) is 30.8 Å². The van der Waals surface area contributed by atoms with E-state index in [-0.39, 0.29) is 32.2 Å². The summed E-state index contributed by atoms with van der Waals surface area (Å²) in [6.07, 6.45) is 3.36. The summed E-state index contributed by atoms with van der Waals surface area (Å²) >= 11 is 0. The number of aldehydes is 1. The summed E-state index contributed by atoms with van der Waals surface area (Å²) in [6, 6.07) is 5.03. The molecular weight excluding hydrogens is 452 g/mol. The molecule has 0 amide bonds. The van der Waals surface area contributed by atoms with Crippen LogP contribution >= 0.6 is 0 Å². The van der Waals surface area contributed by atoms with E-state index in [9.17, 15) is 21.6 Å². The highest BCUT2D eigenvalue weighted by Gasteiger charge is 2.15. The number of unbranched alkanes of at least 4 members (excludes halogenated alkanes) is 2. The van der Waals surface area contributed by atoms with Crippen molar-refractivity contribution in [2.75, 3.05) is 31.8 Å². The highest BCUT2D eigenvalue weighted by atomic mass is 32.2. The lowest BCUT2D eigenvalue weighted by Crippen LogP contribution is -2.10. The van der Waals surface area contributed by atoms with Crippen LogP contribution in [0.4, 0.5) is 0 Å². The van der Waals surface area contributed by atoms with Crippen LogP contribution in [-0.4, -0.2) is 64.1 Å². The van der Waals surface area contributed by atoms with Crippen LogP contribution < -0.4 is 9.47 Å². The van der Waals surface area contributed by atoms with E-state index in [1.165, 1.54) is 0 Å². The van der Waals surface area contributed by atoms with Crippen LogP contribution in [0.25, 0.3) is 0 Å². The van der Waals surface area contributed by atoms with E-state index < -0.39 is 31.7 Å². The topological polar surface area (TPSA) is 154 Å². The molecule has 1 aromatic rings. The first-order valence-corrected chi connectivity index (χ1v) is 13.0. The van der Waals surface area contributed by atoms with Gasteiger partial charge in [0.15, 0.2) is 0 Å². The number of benzene rings is 1. The minimum Gasteiger partial charge on any atom is -0.493 e. The van der Waals surface area contributed by atoms with Crippen molar-refractivity contribution >= 4 is 26.5 Å². The number of hydrogen-bond acceptors (Lipinski definition) is 8. The Morgan fingerprint density at radius 3 is 1.81 bits per heavy atom. The first kappa shape index (κ1) is 27.3. The molecule has 0 fully saturated rings. The van der Waals surface area contributed by atoms with Crippen LogP contribution in [0.2, 0.25) is 0 Å². The zero-order valence-corrected chi connectivity index (χ0v) is 19.1. The summed E-state index contributed by atoms with van der Waals surface area (Å²) in [6.45, 7) is 0.0881. The summed E-state index contributed by atoms with van der Waals surface area (Å²) < 4.78 is 77.6. The lowest BCUT2D eigenvalue weighted by atomic mass is 10.0. The van der Waals surface area contributed by atoms with Crippen molar-refractivity contribution < 1.29 is 44.9 Å². The normalized spacial score (nSPS) is 13.0. The fourth-order valence-corrected chi connectivity index (χ4v) is 3.75. The van der Waals surface area contributed by atoms with Crippen molar-refractivity contribution in [3.05, 3.63) is 23.8 Å². The van der Waals surface area contributed by atoms with Crippen molar-refractivity contribution in [3.8, 4) is 11.5 Å². The van der Waals surface area contributed by atoms with Gasteiger partial charge in [-0.3, -0.25) is 9.11 Å². The van der Waals surface area contributed by atoms with Gasteiger partial charge in [0.1, 0.15) is 17.8 Å². The molecule has 0 aliphatic heterocycles. The molecule has 0 bridgehead atoms. The van der Waals surface area contributed by atoms with E-state index in [1.807, 2.05) is 0 Å². The second-order valence-electron chi connectivity index (χ2n) is 6.89. The van der Waals surface area contributed by atoms with Crippen molar-refractivity contribution in [1.82, 2.24) is 0 Å². The van der Waals surface area contributed by atoms with Crippen LogP contribution in [0.1, 0.15) is 50.2 Å². The van der Waals surface area contributed by atoms with Gasteiger partial charge in [0, 0.05) is 19.6 Å². The Hall–Kier alpha value is -1.73. The molecule has 10 nitrogen and oxygen atoms in total. The zero-order valence-electron chi connectivity index (χ0n) is 17.4. The average molecular weight is 483 g/mol. The Balaban J connectivity index is 2.87. The van der Waals surface area contributed by atoms with Crippen LogP contribution in [-0.2, 0) is 29.8 Å². The predicted molar refractivity (Wildman–Crippen MR) is 114 cm³/mol. The fourth-order valence-electron chi connectivity index (χ4n) is 2.79.